The summed E-state index contributed by atoms with van der Waals surface area (Å²) in [6.07, 6.45) is 0. The van der Waals surface area contributed by atoms with Gasteiger partial charge in [-0.25, -0.2) is 17.9 Å². The molecule has 22 heteroatoms. The minimum absolute atomic E-state index is 0.0107. The SMILES string of the molecule is Nc1c(N=Nc2ccc(S(=O)(=O)CCOS(=O)(=O)O)cc2)c(S(=O)(=O)O)cc2cc(SOOO)c(N=Nc3ccccc3)c(O)c12. The molecule has 0 fully saturated rings. The fraction of sp³-hybridized carbons (Fsp3) is 0.0833. The summed E-state index contributed by atoms with van der Waals surface area (Å²) in [6.45, 7) is -0.840. The van der Waals surface area contributed by atoms with Crippen molar-refractivity contribution in [2.24, 2.45) is 20.5 Å². The normalized spacial score (nSPS) is 12.8. The Morgan fingerprint density at radius 1 is 0.804 bits per heavy atom. The monoisotopic (exact) mass is 715 g/mol. The Morgan fingerprint density at radius 3 is 2.00 bits per heavy atom. The van der Waals surface area contributed by atoms with E-state index >= 15 is 0 Å². The number of hydrogen-bond acceptors (Lipinski definition) is 17. The van der Waals surface area contributed by atoms with Crippen molar-refractivity contribution < 1.29 is 58.3 Å². The van der Waals surface area contributed by atoms with Crippen LogP contribution in [0.5, 0.6) is 5.75 Å². The van der Waals surface area contributed by atoms with Gasteiger partial charge in [0.25, 0.3) is 10.1 Å². The molecule has 0 saturated carbocycles. The average molecular weight is 716 g/mol. The second-order valence-corrected chi connectivity index (χ2v) is 14.1. The van der Waals surface area contributed by atoms with Crippen LogP contribution in [0.2, 0.25) is 0 Å². The van der Waals surface area contributed by atoms with Crippen LogP contribution in [0.4, 0.5) is 28.4 Å². The van der Waals surface area contributed by atoms with E-state index in [9.17, 15) is 34.9 Å². The number of rotatable bonds is 13. The van der Waals surface area contributed by atoms with Crippen molar-refractivity contribution in [1.29, 1.82) is 0 Å². The zero-order valence-corrected chi connectivity index (χ0v) is 26.0. The van der Waals surface area contributed by atoms with E-state index in [0.29, 0.717) is 17.7 Å². The molecule has 46 heavy (non-hydrogen) atoms. The summed E-state index contributed by atoms with van der Waals surface area (Å²) in [6, 6.07) is 15.1. The number of phenolic OH excluding ortho intramolecular Hbond substituents is 1. The van der Waals surface area contributed by atoms with Gasteiger partial charge in [0.1, 0.15) is 16.3 Å². The highest BCUT2D eigenvalue weighted by molar-refractivity contribution is 7.94. The van der Waals surface area contributed by atoms with Crippen LogP contribution >= 0.6 is 12.0 Å². The van der Waals surface area contributed by atoms with Crippen LogP contribution in [0.3, 0.4) is 0 Å². The Hall–Kier alpha value is -4.10. The van der Waals surface area contributed by atoms with Crippen LogP contribution in [-0.2, 0) is 43.9 Å². The molecule has 6 N–H and O–H groups in total. The molecule has 0 heterocycles. The number of benzene rings is 4. The van der Waals surface area contributed by atoms with Crippen LogP contribution in [0.25, 0.3) is 10.8 Å². The molecule has 4 aromatic carbocycles. The van der Waals surface area contributed by atoms with Gasteiger partial charge in [-0.2, -0.15) is 27.1 Å². The number of nitrogen functional groups attached to an aromatic ring is 1. The lowest BCUT2D eigenvalue weighted by molar-refractivity contribution is -0.432. The molecule has 0 bridgehead atoms. The van der Waals surface area contributed by atoms with Crippen LogP contribution in [-0.4, -0.2) is 57.1 Å². The highest BCUT2D eigenvalue weighted by Crippen LogP contribution is 2.49. The first-order chi connectivity index (χ1) is 21.6. The zero-order chi connectivity index (χ0) is 33.7. The molecule has 0 amide bonds. The van der Waals surface area contributed by atoms with E-state index in [1.807, 2.05) is 0 Å². The third-order valence-electron chi connectivity index (χ3n) is 5.81. The van der Waals surface area contributed by atoms with Gasteiger partial charge in [-0.1, -0.05) is 23.2 Å². The van der Waals surface area contributed by atoms with Crippen LogP contribution in [0, 0.1) is 0 Å². The Bertz CT molecular complexity index is 2140. The summed E-state index contributed by atoms with van der Waals surface area (Å²) in [5.41, 5.74) is 5.35. The largest absolute Gasteiger partial charge is 0.505 e. The fourth-order valence-electron chi connectivity index (χ4n) is 3.82. The van der Waals surface area contributed by atoms with Crippen molar-refractivity contribution in [3.8, 4) is 5.75 Å². The van der Waals surface area contributed by atoms with Crippen molar-refractivity contribution >= 4 is 81.6 Å². The number of nitrogens with zero attached hydrogens (tertiary/aromatic N) is 4. The van der Waals surface area contributed by atoms with Gasteiger partial charge in [-0.15, -0.1) is 14.6 Å². The lowest BCUT2D eigenvalue weighted by Crippen LogP contribution is -2.15. The fourth-order valence-corrected chi connectivity index (χ4v) is 6.48. The molecule has 0 aliphatic heterocycles. The number of azo groups is 2. The van der Waals surface area contributed by atoms with Gasteiger partial charge in [-0.05, 0) is 53.9 Å². The molecule has 0 atom stereocenters. The molecule has 0 aliphatic carbocycles. The van der Waals surface area contributed by atoms with Gasteiger partial charge < -0.3 is 10.8 Å². The van der Waals surface area contributed by atoms with Crippen molar-refractivity contribution in [3.05, 3.63) is 66.7 Å². The third-order valence-corrected chi connectivity index (χ3v) is 9.46. The molecule has 0 spiro atoms. The Balaban J connectivity index is 1.78. The maximum Gasteiger partial charge on any atom is 0.397 e. The molecule has 4 aromatic rings. The van der Waals surface area contributed by atoms with Gasteiger partial charge in [0.2, 0.25) is 0 Å². The molecule has 0 unspecified atom stereocenters. The molecule has 18 nitrogen and oxygen atoms in total. The minimum atomic E-state index is -5.01. The highest BCUT2D eigenvalue weighted by atomic mass is 32.3. The third kappa shape index (κ3) is 8.58. The Labute approximate surface area is 264 Å². The Morgan fingerprint density at radius 2 is 1.41 bits per heavy atom. The predicted octanol–water partition coefficient (Wildman–Crippen LogP) is 5.23. The van der Waals surface area contributed by atoms with Crippen LogP contribution in [0.1, 0.15) is 0 Å². The number of phenols is 1. The van der Waals surface area contributed by atoms with E-state index in [2.05, 4.69) is 34.0 Å². The van der Waals surface area contributed by atoms with Gasteiger partial charge in [0.05, 0.1) is 56.6 Å². The number of sulfone groups is 1. The standard InChI is InChI=1S/C24H21N5O13S4/c25-21-20-14(12-18(43-42-41-31)22(24(20)30)28-26-15-4-2-1-3-5-15)13-19(45(34,35)36)23(21)29-27-16-6-8-17(9-7-16)44(32,33)11-10-40-46(37,38)39/h1-9,12-13,30-31H,10-11,25H2,(H,34,35,36)(H,37,38,39). The van der Waals surface area contributed by atoms with Gasteiger partial charge >= 0.3 is 10.4 Å². The first-order valence-electron chi connectivity index (χ1n) is 12.2. The van der Waals surface area contributed by atoms with E-state index < -0.39 is 64.7 Å². The molecule has 4 rings (SSSR count). The number of aromatic hydroxyl groups is 1. The summed E-state index contributed by atoms with van der Waals surface area (Å²) in [5.74, 6) is -1.40. The van der Waals surface area contributed by atoms with E-state index in [-0.39, 0.29) is 31.9 Å². The van der Waals surface area contributed by atoms with E-state index in [1.54, 1.807) is 30.3 Å². The zero-order valence-electron chi connectivity index (χ0n) is 22.7. The number of fused-ring (bicyclic) bond motifs is 1. The quantitative estimate of drug-likeness (QED) is 0.0296. The lowest BCUT2D eigenvalue weighted by atomic mass is 10.1. The summed E-state index contributed by atoms with van der Waals surface area (Å²) < 4.78 is 97.8. The number of hydrogen-bond donors (Lipinski definition) is 5. The van der Waals surface area contributed by atoms with Gasteiger partial charge in [-0.3, -0.25) is 9.11 Å². The van der Waals surface area contributed by atoms with E-state index in [1.165, 1.54) is 18.2 Å². The maximum absolute atomic E-state index is 12.4. The predicted molar refractivity (Wildman–Crippen MR) is 161 cm³/mol. The van der Waals surface area contributed by atoms with Crippen LogP contribution < -0.4 is 5.73 Å². The molecule has 0 saturated heterocycles. The van der Waals surface area contributed by atoms with E-state index in [0.717, 1.165) is 18.2 Å². The molecule has 0 radical (unpaired) electrons. The summed E-state index contributed by atoms with van der Waals surface area (Å²) in [4.78, 5) is -1.10. The topological polar surface area (TPSA) is 286 Å². The summed E-state index contributed by atoms with van der Waals surface area (Å²) in [5, 5.41) is 39.0. The first-order valence-corrected chi connectivity index (χ1v) is 17.4. The molecular formula is C24H21N5O13S4. The second-order valence-electron chi connectivity index (χ2n) is 8.81. The average Bonchev–Trinajstić information content (AvgIpc) is 2.98. The van der Waals surface area contributed by atoms with Crippen molar-refractivity contribution in [2.75, 3.05) is 18.1 Å². The molecule has 0 aromatic heterocycles. The minimum Gasteiger partial charge on any atom is -0.505 e. The van der Waals surface area contributed by atoms with E-state index in [4.69, 9.17) is 15.5 Å². The second kappa shape index (κ2) is 14.1. The first kappa shape index (κ1) is 34.8. The number of nitrogens with two attached hydrogens (primary N) is 1. The lowest BCUT2D eigenvalue weighted by Gasteiger charge is -2.14. The summed E-state index contributed by atoms with van der Waals surface area (Å²) in [7, 11) is -13.9. The highest BCUT2D eigenvalue weighted by Gasteiger charge is 2.25. The summed E-state index contributed by atoms with van der Waals surface area (Å²) >= 11 is 0.382. The molecule has 244 valence electrons. The van der Waals surface area contributed by atoms with Crippen molar-refractivity contribution in [1.82, 2.24) is 0 Å². The van der Waals surface area contributed by atoms with Gasteiger partial charge in [0, 0.05) is 0 Å². The maximum atomic E-state index is 12.4. The van der Waals surface area contributed by atoms with Crippen LogP contribution in [0.15, 0.2) is 102 Å². The van der Waals surface area contributed by atoms with Crippen molar-refractivity contribution in [3.63, 3.8) is 0 Å². The van der Waals surface area contributed by atoms with Crippen molar-refractivity contribution in [2.45, 2.75) is 14.7 Å². The molecular weight excluding hydrogens is 695 g/mol. The number of anilines is 1. The Kier molecular flexibility index (Phi) is 10.7. The molecule has 0 aliphatic rings. The van der Waals surface area contributed by atoms with Gasteiger partial charge in [0.15, 0.2) is 15.6 Å². The smallest absolute Gasteiger partial charge is 0.397 e.